The standard InChI is InChI=1S/C15H28N2O3S/c1-2-3-12-21(19,20)17-10-8-13(9-11-17)15(18)16-14-6-4-5-7-14/h13-14H,2-12H2,1H3,(H,16,18). The molecule has 5 nitrogen and oxygen atoms in total. The van der Waals surface area contributed by atoms with Crippen molar-refractivity contribution < 1.29 is 13.2 Å². The first-order chi connectivity index (χ1) is 10.0. The summed E-state index contributed by atoms with van der Waals surface area (Å²) in [5.74, 6) is 0.360. The number of rotatable bonds is 6. The predicted molar refractivity (Wildman–Crippen MR) is 83.4 cm³/mol. The van der Waals surface area contributed by atoms with Gasteiger partial charge in [-0.25, -0.2) is 12.7 Å². The van der Waals surface area contributed by atoms with Crippen LogP contribution in [0.4, 0.5) is 0 Å². The van der Waals surface area contributed by atoms with Gasteiger partial charge in [-0.2, -0.15) is 0 Å². The van der Waals surface area contributed by atoms with Crippen LogP contribution in [0.15, 0.2) is 0 Å². The molecule has 1 saturated carbocycles. The third-order valence-corrected chi connectivity index (χ3v) is 6.63. The number of hydrogen-bond donors (Lipinski definition) is 1. The summed E-state index contributed by atoms with van der Waals surface area (Å²) in [5, 5.41) is 3.13. The first-order valence-electron chi connectivity index (χ1n) is 8.31. The van der Waals surface area contributed by atoms with Gasteiger partial charge in [0.15, 0.2) is 0 Å². The fraction of sp³-hybridized carbons (Fsp3) is 0.933. The maximum Gasteiger partial charge on any atom is 0.223 e. The van der Waals surface area contributed by atoms with Crippen molar-refractivity contribution in [1.82, 2.24) is 9.62 Å². The lowest BCUT2D eigenvalue weighted by Gasteiger charge is -2.31. The van der Waals surface area contributed by atoms with Gasteiger partial charge in [0.2, 0.25) is 15.9 Å². The van der Waals surface area contributed by atoms with Gasteiger partial charge in [0.05, 0.1) is 5.75 Å². The van der Waals surface area contributed by atoms with Crippen molar-refractivity contribution in [3.8, 4) is 0 Å². The quantitative estimate of drug-likeness (QED) is 0.814. The molecule has 1 aliphatic carbocycles. The van der Waals surface area contributed by atoms with E-state index >= 15 is 0 Å². The number of sulfonamides is 1. The highest BCUT2D eigenvalue weighted by Crippen LogP contribution is 2.23. The molecule has 2 fully saturated rings. The topological polar surface area (TPSA) is 66.5 Å². The van der Waals surface area contributed by atoms with Crippen LogP contribution in [0.3, 0.4) is 0 Å². The first kappa shape index (κ1) is 16.7. The Morgan fingerprint density at radius 1 is 1.14 bits per heavy atom. The number of carbonyl (C=O) groups is 1. The van der Waals surface area contributed by atoms with Crippen molar-refractivity contribution in [2.45, 2.75) is 64.3 Å². The lowest BCUT2D eigenvalue weighted by atomic mass is 9.97. The highest BCUT2D eigenvalue weighted by atomic mass is 32.2. The summed E-state index contributed by atoms with van der Waals surface area (Å²) < 4.78 is 25.8. The number of nitrogens with zero attached hydrogens (tertiary/aromatic N) is 1. The number of carbonyl (C=O) groups excluding carboxylic acids is 1. The Morgan fingerprint density at radius 2 is 1.76 bits per heavy atom. The summed E-state index contributed by atoms with van der Waals surface area (Å²) in [4.78, 5) is 12.2. The van der Waals surface area contributed by atoms with Crippen LogP contribution < -0.4 is 5.32 Å². The van der Waals surface area contributed by atoms with E-state index in [-0.39, 0.29) is 17.6 Å². The fourth-order valence-electron chi connectivity index (χ4n) is 3.24. The monoisotopic (exact) mass is 316 g/mol. The Labute approximate surface area is 128 Å². The van der Waals surface area contributed by atoms with Gasteiger partial charge in [-0.1, -0.05) is 26.2 Å². The molecule has 1 saturated heterocycles. The molecule has 6 heteroatoms. The highest BCUT2D eigenvalue weighted by Gasteiger charge is 2.31. The molecule has 0 radical (unpaired) electrons. The summed E-state index contributed by atoms with van der Waals surface area (Å²) in [6.45, 7) is 2.98. The van der Waals surface area contributed by atoms with Gasteiger partial charge in [-0.05, 0) is 32.1 Å². The van der Waals surface area contributed by atoms with E-state index in [1.54, 1.807) is 4.31 Å². The normalized spacial score (nSPS) is 22.5. The molecule has 1 aliphatic heterocycles. The molecule has 0 bridgehead atoms. The van der Waals surface area contributed by atoms with Crippen LogP contribution in [-0.4, -0.2) is 43.5 Å². The molecule has 0 aromatic rings. The van der Waals surface area contributed by atoms with Gasteiger partial charge >= 0.3 is 0 Å². The minimum atomic E-state index is -3.12. The summed E-state index contributed by atoms with van der Waals surface area (Å²) in [6, 6.07) is 0.351. The van der Waals surface area contributed by atoms with Crippen molar-refractivity contribution in [2.75, 3.05) is 18.8 Å². The van der Waals surface area contributed by atoms with Crippen molar-refractivity contribution >= 4 is 15.9 Å². The summed E-state index contributed by atoms with van der Waals surface area (Å²) in [6.07, 6.45) is 7.52. The van der Waals surface area contributed by atoms with Gasteiger partial charge in [-0.15, -0.1) is 0 Å². The molecule has 0 aromatic heterocycles. The molecule has 2 rings (SSSR count). The third-order valence-electron chi connectivity index (χ3n) is 4.68. The lowest BCUT2D eigenvalue weighted by Crippen LogP contribution is -2.45. The van der Waals surface area contributed by atoms with Crippen molar-refractivity contribution in [3.63, 3.8) is 0 Å². The molecule has 21 heavy (non-hydrogen) atoms. The fourth-order valence-corrected chi connectivity index (χ4v) is 4.92. The first-order valence-corrected chi connectivity index (χ1v) is 9.92. The van der Waals surface area contributed by atoms with Gasteiger partial charge in [0, 0.05) is 25.0 Å². The van der Waals surface area contributed by atoms with Crippen LogP contribution in [-0.2, 0) is 14.8 Å². The average Bonchev–Trinajstić information content (AvgIpc) is 2.98. The maximum atomic E-state index is 12.2. The zero-order valence-electron chi connectivity index (χ0n) is 13.0. The van der Waals surface area contributed by atoms with Gasteiger partial charge in [0.25, 0.3) is 0 Å². The Kier molecular flexibility index (Phi) is 6.05. The smallest absolute Gasteiger partial charge is 0.223 e. The van der Waals surface area contributed by atoms with Crippen molar-refractivity contribution in [3.05, 3.63) is 0 Å². The second kappa shape index (κ2) is 7.58. The van der Waals surface area contributed by atoms with Crippen LogP contribution in [0.5, 0.6) is 0 Å². The SMILES string of the molecule is CCCCS(=O)(=O)N1CCC(C(=O)NC2CCCC2)CC1. The minimum absolute atomic E-state index is 0.0109. The van der Waals surface area contributed by atoms with E-state index in [0.717, 1.165) is 19.3 Å². The molecule has 2 aliphatic rings. The number of hydrogen-bond acceptors (Lipinski definition) is 3. The van der Waals surface area contributed by atoms with Gasteiger partial charge < -0.3 is 5.32 Å². The van der Waals surface area contributed by atoms with Crippen LogP contribution in [0.2, 0.25) is 0 Å². The molecule has 1 amide bonds. The number of piperidine rings is 1. The molecule has 0 spiro atoms. The minimum Gasteiger partial charge on any atom is -0.353 e. The van der Waals surface area contributed by atoms with Crippen molar-refractivity contribution in [1.29, 1.82) is 0 Å². The summed E-state index contributed by atoms with van der Waals surface area (Å²) in [7, 11) is -3.12. The van der Waals surface area contributed by atoms with E-state index in [9.17, 15) is 13.2 Å². The second-order valence-corrected chi connectivity index (χ2v) is 8.42. The van der Waals surface area contributed by atoms with E-state index < -0.39 is 10.0 Å². The highest BCUT2D eigenvalue weighted by molar-refractivity contribution is 7.89. The molecule has 0 aromatic carbocycles. The molecule has 0 atom stereocenters. The Hall–Kier alpha value is -0.620. The van der Waals surface area contributed by atoms with E-state index in [1.165, 1.54) is 12.8 Å². The second-order valence-electron chi connectivity index (χ2n) is 6.33. The molecule has 0 unspecified atom stereocenters. The summed E-state index contributed by atoms with van der Waals surface area (Å²) >= 11 is 0. The Bertz CT molecular complexity index is 436. The molecular weight excluding hydrogens is 288 g/mol. The zero-order valence-corrected chi connectivity index (χ0v) is 13.8. The Balaban J connectivity index is 1.78. The number of nitrogens with one attached hydrogen (secondary N) is 1. The van der Waals surface area contributed by atoms with Gasteiger partial charge in [0.1, 0.15) is 0 Å². The molecule has 122 valence electrons. The summed E-state index contributed by atoms with van der Waals surface area (Å²) in [5.41, 5.74) is 0. The van der Waals surface area contributed by atoms with E-state index in [2.05, 4.69) is 5.32 Å². The van der Waals surface area contributed by atoms with E-state index in [4.69, 9.17) is 0 Å². The number of unbranched alkanes of at least 4 members (excludes halogenated alkanes) is 1. The molecule has 1 N–H and O–H groups in total. The zero-order chi connectivity index (χ0) is 15.3. The molecular formula is C15H28N2O3S. The predicted octanol–water partition coefficient (Wildman–Crippen LogP) is 1.89. The number of amides is 1. The van der Waals surface area contributed by atoms with Crippen LogP contribution in [0.25, 0.3) is 0 Å². The third kappa shape index (κ3) is 4.68. The van der Waals surface area contributed by atoms with Crippen molar-refractivity contribution in [2.24, 2.45) is 5.92 Å². The van der Waals surface area contributed by atoms with Gasteiger partial charge in [-0.3, -0.25) is 4.79 Å². The van der Waals surface area contributed by atoms with Crippen LogP contribution in [0.1, 0.15) is 58.3 Å². The van der Waals surface area contributed by atoms with E-state index in [1.807, 2.05) is 6.92 Å². The van der Waals surface area contributed by atoms with Crippen LogP contribution in [0, 0.1) is 5.92 Å². The largest absolute Gasteiger partial charge is 0.353 e. The molecule has 1 heterocycles. The van der Waals surface area contributed by atoms with E-state index in [0.29, 0.717) is 38.4 Å². The lowest BCUT2D eigenvalue weighted by molar-refractivity contribution is -0.126. The Morgan fingerprint density at radius 3 is 2.33 bits per heavy atom. The van der Waals surface area contributed by atoms with Crippen LogP contribution >= 0.6 is 0 Å². The average molecular weight is 316 g/mol. The maximum absolute atomic E-state index is 12.2.